The standard InChI is InChI=1S/C13H10Br2FO/c1-2-11-4-9(7-17-11)13-8(6-14)3-10(16)5-12(13)15/h3-5,7H,1-2,6H2. The van der Waals surface area contributed by atoms with Crippen LogP contribution in [0.5, 0.6) is 0 Å². The van der Waals surface area contributed by atoms with E-state index in [1.807, 2.05) is 6.07 Å². The number of rotatable bonds is 3. The molecular weight excluding hydrogens is 351 g/mol. The molecule has 1 aromatic heterocycles. The molecule has 1 aromatic carbocycles. The highest BCUT2D eigenvalue weighted by molar-refractivity contribution is 9.10. The molecule has 0 saturated heterocycles. The van der Waals surface area contributed by atoms with Crippen molar-refractivity contribution in [1.29, 1.82) is 0 Å². The van der Waals surface area contributed by atoms with E-state index in [0.29, 0.717) is 11.8 Å². The SMILES string of the molecule is [CH2]Cc1cc(-c2c(Br)cc(F)cc2CBr)co1. The maximum absolute atomic E-state index is 13.3. The molecule has 1 radical (unpaired) electrons. The minimum absolute atomic E-state index is 0.254. The van der Waals surface area contributed by atoms with Gasteiger partial charge in [0.1, 0.15) is 11.6 Å². The van der Waals surface area contributed by atoms with Crippen LogP contribution in [0.3, 0.4) is 0 Å². The molecule has 0 aliphatic rings. The summed E-state index contributed by atoms with van der Waals surface area (Å²) in [5, 5.41) is 0.587. The van der Waals surface area contributed by atoms with E-state index in [1.54, 1.807) is 6.26 Å². The predicted molar refractivity (Wildman–Crippen MR) is 73.5 cm³/mol. The average molecular weight is 361 g/mol. The van der Waals surface area contributed by atoms with Crippen molar-refractivity contribution in [2.75, 3.05) is 0 Å². The lowest BCUT2D eigenvalue weighted by atomic mass is 10.0. The van der Waals surface area contributed by atoms with E-state index in [-0.39, 0.29) is 5.82 Å². The van der Waals surface area contributed by atoms with E-state index in [2.05, 4.69) is 38.8 Å². The molecule has 0 aliphatic carbocycles. The minimum Gasteiger partial charge on any atom is -0.469 e. The van der Waals surface area contributed by atoms with Crippen molar-refractivity contribution < 1.29 is 8.81 Å². The molecule has 17 heavy (non-hydrogen) atoms. The van der Waals surface area contributed by atoms with Gasteiger partial charge in [-0.2, -0.15) is 0 Å². The Bertz CT molecular complexity index is 534. The second kappa shape index (κ2) is 5.36. The van der Waals surface area contributed by atoms with E-state index in [9.17, 15) is 4.39 Å². The first-order valence-corrected chi connectivity index (χ1v) is 6.98. The summed E-state index contributed by atoms with van der Waals surface area (Å²) in [6, 6.07) is 4.90. The molecule has 89 valence electrons. The Kier molecular flexibility index (Phi) is 4.05. The van der Waals surface area contributed by atoms with E-state index in [4.69, 9.17) is 4.42 Å². The van der Waals surface area contributed by atoms with Gasteiger partial charge in [0.05, 0.1) is 6.26 Å². The highest BCUT2D eigenvalue weighted by Crippen LogP contribution is 2.35. The van der Waals surface area contributed by atoms with Crippen molar-refractivity contribution in [1.82, 2.24) is 0 Å². The highest BCUT2D eigenvalue weighted by atomic mass is 79.9. The number of benzene rings is 1. The fraction of sp³-hybridized carbons (Fsp3) is 0.154. The Hall–Kier alpha value is -0.610. The van der Waals surface area contributed by atoms with Crippen LogP contribution in [0.15, 0.2) is 33.4 Å². The first-order chi connectivity index (χ1) is 8.15. The van der Waals surface area contributed by atoms with E-state index < -0.39 is 0 Å². The lowest BCUT2D eigenvalue weighted by Crippen LogP contribution is -1.89. The van der Waals surface area contributed by atoms with Crippen molar-refractivity contribution in [2.45, 2.75) is 11.8 Å². The van der Waals surface area contributed by atoms with Gasteiger partial charge in [-0.3, -0.25) is 0 Å². The number of halogens is 3. The number of alkyl halides is 1. The second-order valence-electron chi connectivity index (χ2n) is 3.61. The van der Waals surface area contributed by atoms with Gasteiger partial charge in [0.15, 0.2) is 0 Å². The summed E-state index contributed by atoms with van der Waals surface area (Å²) in [5.74, 6) is 0.563. The molecule has 2 aromatic rings. The monoisotopic (exact) mass is 359 g/mol. The lowest BCUT2D eigenvalue weighted by molar-refractivity contribution is 0.523. The van der Waals surface area contributed by atoms with Gasteiger partial charge in [-0.15, -0.1) is 0 Å². The molecule has 0 amide bonds. The summed E-state index contributed by atoms with van der Waals surface area (Å²) >= 11 is 6.76. The Balaban J connectivity index is 2.57. The molecule has 1 nitrogen and oxygen atoms in total. The Labute approximate surface area is 116 Å². The van der Waals surface area contributed by atoms with Crippen molar-refractivity contribution in [2.24, 2.45) is 0 Å². The number of hydrogen-bond donors (Lipinski definition) is 0. The molecule has 0 aliphatic heterocycles. The summed E-state index contributed by atoms with van der Waals surface area (Å²) < 4.78 is 19.4. The topological polar surface area (TPSA) is 13.1 Å². The van der Waals surface area contributed by atoms with Crippen molar-refractivity contribution >= 4 is 31.9 Å². The molecule has 0 unspecified atom stereocenters. The van der Waals surface area contributed by atoms with Gasteiger partial charge >= 0.3 is 0 Å². The van der Waals surface area contributed by atoms with Crippen LogP contribution < -0.4 is 0 Å². The normalized spacial score (nSPS) is 10.8. The van der Waals surface area contributed by atoms with Crippen LogP contribution in [0.1, 0.15) is 11.3 Å². The third-order valence-electron chi connectivity index (χ3n) is 2.47. The first-order valence-electron chi connectivity index (χ1n) is 5.06. The molecule has 4 heteroatoms. The van der Waals surface area contributed by atoms with Crippen LogP contribution in [0, 0.1) is 12.7 Å². The quantitative estimate of drug-likeness (QED) is 0.692. The van der Waals surface area contributed by atoms with Gasteiger partial charge < -0.3 is 4.42 Å². The molecule has 2 rings (SSSR count). The molecule has 0 atom stereocenters. The summed E-state index contributed by atoms with van der Waals surface area (Å²) in [5.41, 5.74) is 2.77. The van der Waals surface area contributed by atoms with E-state index in [1.165, 1.54) is 12.1 Å². The zero-order chi connectivity index (χ0) is 12.4. The summed E-state index contributed by atoms with van der Waals surface area (Å²) in [6.07, 6.45) is 2.27. The summed E-state index contributed by atoms with van der Waals surface area (Å²) in [4.78, 5) is 0. The van der Waals surface area contributed by atoms with Gasteiger partial charge in [0, 0.05) is 27.4 Å². The van der Waals surface area contributed by atoms with Crippen LogP contribution in [-0.4, -0.2) is 0 Å². The fourth-order valence-corrected chi connectivity index (χ4v) is 2.84. The third kappa shape index (κ3) is 2.63. The Morgan fingerprint density at radius 2 is 2.06 bits per heavy atom. The average Bonchev–Trinajstić information content (AvgIpc) is 2.76. The van der Waals surface area contributed by atoms with Gasteiger partial charge in [-0.25, -0.2) is 4.39 Å². The lowest BCUT2D eigenvalue weighted by Gasteiger charge is -2.08. The summed E-state index contributed by atoms with van der Waals surface area (Å²) in [6.45, 7) is 3.77. The first kappa shape index (κ1) is 12.8. The molecule has 0 fully saturated rings. The van der Waals surface area contributed by atoms with Crippen molar-refractivity contribution in [3.05, 3.63) is 53.0 Å². The van der Waals surface area contributed by atoms with Crippen LogP contribution in [-0.2, 0) is 11.8 Å². The Morgan fingerprint density at radius 3 is 2.65 bits per heavy atom. The van der Waals surface area contributed by atoms with Crippen molar-refractivity contribution in [3.63, 3.8) is 0 Å². The van der Waals surface area contributed by atoms with E-state index >= 15 is 0 Å². The highest BCUT2D eigenvalue weighted by Gasteiger charge is 2.13. The van der Waals surface area contributed by atoms with Gasteiger partial charge in [-0.1, -0.05) is 31.9 Å². The summed E-state index contributed by atoms with van der Waals surface area (Å²) in [7, 11) is 0. The van der Waals surface area contributed by atoms with Gasteiger partial charge in [0.2, 0.25) is 0 Å². The van der Waals surface area contributed by atoms with Crippen LogP contribution in [0.2, 0.25) is 0 Å². The van der Waals surface area contributed by atoms with Crippen LogP contribution in [0.25, 0.3) is 11.1 Å². The van der Waals surface area contributed by atoms with Crippen LogP contribution in [0.4, 0.5) is 4.39 Å². The van der Waals surface area contributed by atoms with Crippen molar-refractivity contribution in [3.8, 4) is 11.1 Å². The second-order valence-corrected chi connectivity index (χ2v) is 5.02. The minimum atomic E-state index is -0.254. The molecule has 0 saturated carbocycles. The van der Waals surface area contributed by atoms with E-state index in [0.717, 1.165) is 26.9 Å². The van der Waals surface area contributed by atoms with Gasteiger partial charge in [-0.05, 0) is 30.7 Å². The zero-order valence-corrected chi connectivity index (χ0v) is 12.1. The van der Waals surface area contributed by atoms with Gasteiger partial charge in [0.25, 0.3) is 0 Å². The molecule has 1 heterocycles. The largest absolute Gasteiger partial charge is 0.469 e. The third-order valence-corrected chi connectivity index (χ3v) is 3.70. The maximum atomic E-state index is 13.3. The molecule has 0 N–H and O–H groups in total. The number of furan rings is 1. The fourth-order valence-electron chi connectivity index (χ4n) is 1.70. The zero-order valence-electron chi connectivity index (χ0n) is 8.97. The molecular formula is C13H10Br2FO. The predicted octanol–water partition coefficient (Wildman–Crippen LogP) is 5.12. The molecule has 0 spiro atoms. The maximum Gasteiger partial charge on any atom is 0.124 e. The Morgan fingerprint density at radius 1 is 1.29 bits per heavy atom. The smallest absolute Gasteiger partial charge is 0.124 e. The molecule has 0 bridgehead atoms. The van der Waals surface area contributed by atoms with Crippen LogP contribution >= 0.6 is 31.9 Å². The number of hydrogen-bond acceptors (Lipinski definition) is 1.